The highest BCUT2D eigenvalue weighted by Crippen LogP contribution is 2.39. The van der Waals surface area contributed by atoms with Gasteiger partial charge in [0.15, 0.2) is 11.6 Å². The molecule has 10 rings (SSSR count). The Labute approximate surface area is 403 Å². The second-order valence-corrected chi connectivity index (χ2v) is 21.5. The highest BCUT2D eigenvalue weighted by atomic mass is 16.5. The van der Waals surface area contributed by atoms with E-state index in [9.17, 15) is 0 Å². The van der Waals surface area contributed by atoms with Crippen molar-refractivity contribution in [2.24, 2.45) is 0 Å². The summed E-state index contributed by atoms with van der Waals surface area (Å²) in [5, 5.41) is 8.79. The topological polar surface area (TPSA) is 128 Å². The van der Waals surface area contributed by atoms with Crippen LogP contribution in [0, 0.1) is 0 Å². The van der Waals surface area contributed by atoms with Crippen molar-refractivity contribution in [3.05, 3.63) is 72.6 Å². The van der Waals surface area contributed by atoms with Crippen molar-refractivity contribution in [1.82, 2.24) is 68.2 Å². The molecule has 0 saturated carbocycles. The second kappa shape index (κ2) is 19.2. The highest BCUT2D eigenvalue weighted by molar-refractivity contribution is 5.70. The quantitative estimate of drug-likeness (QED) is 0.145. The normalized spacial score (nSPS) is 18.3. The molecular formula is C52H74N14O2. The van der Waals surface area contributed by atoms with Crippen LogP contribution in [0.2, 0.25) is 0 Å². The minimum atomic E-state index is 0.223. The van der Waals surface area contributed by atoms with E-state index in [-0.39, 0.29) is 23.2 Å². The van der Waals surface area contributed by atoms with E-state index in [4.69, 9.17) is 19.4 Å². The van der Waals surface area contributed by atoms with Gasteiger partial charge >= 0.3 is 0 Å². The van der Waals surface area contributed by atoms with Gasteiger partial charge in [0.05, 0.1) is 24.2 Å². The Morgan fingerprint density at radius 2 is 0.868 bits per heavy atom. The summed E-state index contributed by atoms with van der Waals surface area (Å²) in [6.45, 7) is 38.4. The number of hydrogen-bond acceptors (Lipinski definition) is 12. The Bertz CT molecular complexity index is 2480. The Hall–Kier alpha value is -5.42. The molecule has 2 atom stereocenters. The van der Waals surface area contributed by atoms with Gasteiger partial charge in [0.25, 0.3) is 0 Å². The smallest absolute Gasteiger partial charge is 0.178 e. The van der Waals surface area contributed by atoms with Crippen LogP contribution in [0.25, 0.3) is 45.8 Å². The first-order valence-corrected chi connectivity index (χ1v) is 24.9. The number of aromatic nitrogens is 10. The molecule has 6 aromatic rings. The molecule has 16 heteroatoms. The average Bonchev–Trinajstić information content (AvgIpc) is 4.13. The Balaban J connectivity index is 0.000000170. The van der Waals surface area contributed by atoms with Crippen molar-refractivity contribution in [1.29, 1.82) is 0 Å². The predicted molar refractivity (Wildman–Crippen MR) is 268 cm³/mol. The summed E-state index contributed by atoms with van der Waals surface area (Å²) in [5.74, 6) is 5.28. The maximum atomic E-state index is 6.10. The van der Waals surface area contributed by atoms with Crippen LogP contribution in [0.15, 0.2) is 61.4 Å². The monoisotopic (exact) mass is 927 g/mol. The van der Waals surface area contributed by atoms with Crippen LogP contribution in [-0.2, 0) is 13.1 Å². The van der Waals surface area contributed by atoms with Crippen molar-refractivity contribution < 1.29 is 9.47 Å². The molecule has 0 spiro atoms. The number of fused-ring (bicyclic) bond motifs is 6. The van der Waals surface area contributed by atoms with Crippen molar-refractivity contribution in [3.63, 3.8) is 0 Å². The molecule has 4 aliphatic heterocycles. The largest absolute Gasteiger partial charge is 0.491 e. The molecule has 0 N–H and O–H groups in total. The summed E-state index contributed by atoms with van der Waals surface area (Å²) in [6.07, 6.45) is 7.38. The maximum Gasteiger partial charge on any atom is 0.178 e. The van der Waals surface area contributed by atoms with E-state index in [2.05, 4.69) is 181 Å². The summed E-state index contributed by atoms with van der Waals surface area (Å²) in [7, 11) is 0. The van der Waals surface area contributed by atoms with Crippen molar-refractivity contribution in [2.75, 3.05) is 65.6 Å². The zero-order valence-corrected chi connectivity index (χ0v) is 42.6. The lowest BCUT2D eigenvalue weighted by Crippen LogP contribution is -2.53. The lowest BCUT2D eigenvalue weighted by atomic mass is 10.0. The zero-order chi connectivity index (χ0) is 48.1. The zero-order valence-electron chi connectivity index (χ0n) is 42.6. The molecule has 4 aromatic heterocycles. The number of ether oxygens (including phenoxy) is 2. The minimum absolute atomic E-state index is 0.223. The third-order valence-electron chi connectivity index (χ3n) is 14.4. The lowest BCUT2D eigenvalue weighted by molar-refractivity contribution is 0.0453. The van der Waals surface area contributed by atoms with Gasteiger partial charge in [-0.25, -0.2) is 29.3 Å². The lowest BCUT2D eigenvalue weighted by Gasteiger charge is -2.44. The van der Waals surface area contributed by atoms with Gasteiger partial charge < -0.3 is 18.6 Å². The third-order valence-corrected chi connectivity index (χ3v) is 14.4. The van der Waals surface area contributed by atoms with Gasteiger partial charge in [-0.05, 0) is 118 Å². The van der Waals surface area contributed by atoms with Crippen molar-refractivity contribution >= 4 is 0 Å². The molecule has 364 valence electrons. The number of piperazine rings is 2. The molecule has 0 bridgehead atoms. The van der Waals surface area contributed by atoms with Crippen LogP contribution in [0.1, 0.15) is 118 Å². The molecule has 2 saturated heterocycles. The molecule has 0 aliphatic carbocycles. The molecule has 2 fully saturated rings. The minimum Gasteiger partial charge on any atom is -0.491 e. The Morgan fingerprint density at radius 3 is 1.22 bits per heavy atom. The summed E-state index contributed by atoms with van der Waals surface area (Å²) in [6, 6.07) is 14.3. The molecule has 0 unspecified atom stereocenters. The molecule has 2 aromatic carbocycles. The highest BCUT2D eigenvalue weighted by Gasteiger charge is 2.31. The van der Waals surface area contributed by atoms with E-state index in [1.807, 2.05) is 9.36 Å². The fourth-order valence-corrected chi connectivity index (χ4v) is 10.1. The first-order chi connectivity index (χ1) is 32.4. The van der Waals surface area contributed by atoms with Crippen molar-refractivity contribution in [2.45, 2.75) is 131 Å². The van der Waals surface area contributed by atoms with Crippen molar-refractivity contribution in [3.8, 4) is 57.3 Å². The van der Waals surface area contributed by atoms with E-state index >= 15 is 0 Å². The van der Waals surface area contributed by atoms with Gasteiger partial charge in [0.1, 0.15) is 60.4 Å². The van der Waals surface area contributed by atoms with Gasteiger partial charge in [0.2, 0.25) is 0 Å². The summed E-state index contributed by atoms with van der Waals surface area (Å²) >= 11 is 0. The van der Waals surface area contributed by atoms with Crippen LogP contribution < -0.4 is 9.47 Å². The summed E-state index contributed by atoms with van der Waals surface area (Å²) in [5.41, 5.74) is 6.87. The number of imidazole rings is 2. The van der Waals surface area contributed by atoms with Gasteiger partial charge in [0, 0.05) is 100.0 Å². The Kier molecular flexibility index (Phi) is 13.4. The van der Waals surface area contributed by atoms with Crippen LogP contribution in [-0.4, -0.2) is 145 Å². The average molecular weight is 927 g/mol. The van der Waals surface area contributed by atoms with E-state index in [1.54, 1.807) is 12.7 Å². The molecule has 8 heterocycles. The van der Waals surface area contributed by atoms with Crippen LogP contribution in [0.3, 0.4) is 0 Å². The summed E-state index contributed by atoms with van der Waals surface area (Å²) < 4.78 is 20.4. The van der Waals surface area contributed by atoms with E-state index in [1.165, 1.54) is 11.1 Å². The molecule has 68 heavy (non-hydrogen) atoms. The Morgan fingerprint density at radius 1 is 0.485 bits per heavy atom. The standard InChI is InChI=1S/2C26H37N7O/c2*1-18(2)33-25(27-17-28-33)22-16-31-13-14-34-23-8-7-20(15-21(23)24(31)29-22)19(3)30-9-11-32(12-10-30)26(4,5)6/h2*7-8,15-19H,9-14H2,1-6H3/t2*19-/m10/s1. The van der Waals surface area contributed by atoms with Crippen LogP contribution >= 0.6 is 0 Å². The predicted octanol–water partition coefficient (Wildman–Crippen LogP) is 8.52. The van der Waals surface area contributed by atoms with Gasteiger partial charge in [-0.2, -0.15) is 10.2 Å². The SMILES string of the molecule is CC(C)n1ncnc1-c1cn2c(n1)-c1cc([C@@H](C)N3CCN(C(C)(C)C)CC3)ccc1OCC2.CC(C)n1ncnc1-c1cn2c(n1)-c1cc([C@H](C)N3CCN(C(C)(C)C)CC3)ccc1OCC2. The van der Waals surface area contributed by atoms with Gasteiger partial charge in [-0.15, -0.1) is 0 Å². The van der Waals surface area contributed by atoms with E-state index < -0.39 is 0 Å². The fraction of sp³-hybridized carbons (Fsp3) is 0.577. The molecule has 0 amide bonds. The summed E-state index contributed by atoms with van der Waals surface area (Å²) in [4.78, 5) is 29.4. The molecule has 4 aliphatic rings. The third kappa shape index (κ3) is 9.74. The number of nitrogens with zero attached hydrogens (tertiary/aromatic N) is 14. The van der Waals surface area contributed by atoms with E-state index in [0.29, 0.717) is 25.3 Å². The van der Waals surface area contributed by atoms with Crippen LogP contribution in [0.5, 0.6) is 11.5 Å². The maximum absolute atomic E-state index is 6.10. The molecule has 0 radical (unpaired) electrons. The first-order valence-electron chi connectivity index (χ1n) is 24.9. The van der Waals surface area contributed by atoms with Gasteiger partial charge in [-0.3, -0.25) is 19.6 Å². The molecule has 16 nitrogen and oxygen atoms in total. The van der Waals surface area contributed by atoms with Gasteiger partial charge in [-0.1, -0.05) is 12.1 Å². The number of rotatable bonds is 8. The van der Waals surface area contributed by atoms with E-state index in [0.717, 1.165) is 123 Å². The van der Waals surface area contributed by atoms with Crippen LogP contribution in [0.4, 0.5) is 0 Å². The fourth-order valence-electron chi connectivity index (χ4n) is 10.1. The number of hydrogen-bond donors (Lipinski definition) is 0. The first kappa shape index (κ1) is 47.6. The number of benzene rings is 2. The molecular weight excluding hydrogens is 853 g/mol. The second-order valence-electron chi connectivity index (χ2n) is 21.5.